The largest absolute Gasteiger partial charge is 0.372 e. The van der Waals surface area contributed by atoms with Gasteiger partial charge in [0.2, 0.25) is 0 Å². The Labute approximate surface area is 166 Å². The fourth-order valence-corrected chi connectivity index (χ4v) is 5.13. The molecule has 1 aliphatic rings. The summed E-state index contributed by atoms with van der Waals surface area (Å²) in [5.41, 5.74) is 2.70. The van der Waals surface area contributed by atoms with Crippen LogP contribution >= 0.6 is 11.8 Å². The van der Waals surface area contributed by atoms with Crippen LogP contribution in [0.1, 0.15) is 24.0 Å². The van der Waals surface area contributed by atoms with Crippen LogP contribution in [-0.2, 0) is 17.8 Å². The summed E-state index contributed by atoms with van der Waals surface area (Å²) in [6.07, 6.45) is 3.91. The van der Waals surface area contributed by atoms with Crippen LogP contribution in [0.25, 0.3) is 0 Å². The highest BCUT2D eigenvalue weighted by Crippen LogP contribution is 2.45. The van der Waals surface area contributed by atoms with E-state index in [1.54, 1.807) is 0 Å². The highest BCUT2D eigenvalue weighted by molar-refractivity contribution is 8.00. The monoisotopic (exact) mass is 374 g/mol. The molecule has 2 heteroatoms. The first-order valence-electron chi connectivity index (χ1n) is 9.79. The molecule has 27 heavy (non-hydrogen) atoms. The Morgan fingerprint density at radius 2 is 1.33 bits per heavy atom. The minimum absolute atomic E-state index is 0.344. The molecule has 0 aliphatic heterocycles. The Hall–Kier alpha value is -2.03. The summed E-state index contributed by atoms with van der Waals surface area (Å²) in [7, 11) is 0. The third-order valence-corrected chi connectivity index (χ3v) is 6.84. The molecule has 1 saturated carbocycles. The predicted octanol–water partition coefficient (Wildman–Crippen LogP) is 6.39. The van der Waals surface area contributed by atoms with E-state index in [2.05, 4.69) is 91.0 Å². The molecule has 3 aromatic carbocycles. The molecule has 1 nitrogen and oxygen atoms in total. The Bertz CT molecular complexity index is 754. The van der Waals surface area contributed by atoms with Crippen molar-refractivity contribution >= 4 is 11.8 Å². The number of hydrogen-bond acceptors (Lipinski definition) is 2. The Balaban J connectivity index is 1.37. The highest BCUT2D eigenvalue weighted by atomic mass is 32.2. The van der Waals surface area contributed by atoms with Gasteiger partial charge in [-0.05, 0) is 48.4 Å². The van der Waals surface area contributed by atoms with Crippen LogP contribution in [0, 0.1) is 5.92 Å². The van der Waals surface area contributed by atoms with Crippen LogP contribution in [0.15, 0.2) is 95.9 Å². The maximum atomic E-state index is 6.31. The van der Waals surface area contributed by atoms with Crippen LogP contribution in [0.3, 0.4) is 0 Å². The van der Waals surface area contributed by atoms with Gasteiger partial charge in [-0.1, -0.05) is 78.9 Å². The minimum atomic E-state index is 0.344. The van der Waals surface area contributed by atoms with E-state index < -0.39 is 0 Å². The van der Waals surface area contributed by atoms with Crippen molar-refractivity contribution in [2.24, 2.45) is 5.92 Å². The fraction of sp³-hybridized carbons (Fsp3) is 0.280. The zero-order valence-electron chi connectivity index (χ0n) is 15.5. The SMILES string of the molecule is c1ccc(CC[C@@H]2C[C@H](OCc3ccccc3)[C@H]2Sc2ccccc2)cc1. The summed E-state index contributed by atoms with van der Waals surface area (Å²) in [5, 5.41) is 0.542. The van der Waals surface area contributed by atoms with Gasteiger partial charge < -0.3 is 4.74 Å². The van der Waals surface area contributed by atoms with Crippen molar-refractivity contribution in [2.45, 2.75) is 42.1 Å². The van der Waals surface area contributed by atoms with Crippen molar-refractivity contribution in [2.75, 3.05) is 0 Å². The Morgan fingerprint density at radius 3 is 2.00 bits per heavy atom. The van der Waals surface area contributed by atoms with Crippen molar-refractivity contribution in [3.63, 3.8) is 0 Å². The van der Waals surface area contributed by atoms with E-state index in [0.717, 1.165) is 12.3 Å². The van der Waals surface area contributed by atoms with E-state index in [9.17, 15) is 0 Å². The van der Waals surface area contributed by atoms with Gasteiger partial charge in [0.05, 0.1) is 12.7 Å². The fourth-order valence-electron chi connectivity index (χ4n) is 3.72. The molecule has 0 bridgehead atoms. The summed E-state index contributed by atoms with van der Waals surface area (Å²) in [6.45, 7) is 0.711. The van der Waals surface area contributed by atoms with Crippen LogP contribution in [0.2, 0.25) is 0 Å². The summed E-state index contributed by atoms with van der Waals surface area (Å²) < 4.78 is 6.31. The smallest absolute Gasteiger partial charge is 0.0721 e. The number of aryl methyl sites for hydroxylation is 1. The molecule has 0 spiro atoms. The minimum Gasteiger partial charge on any atom is -0.372 e. The van der Waals surface area contributed by atoms with Crippen LogP contribution in [0.5, 0.6) is 0 Å². The van der Waals surface area contributed by atoms with Crippen LogP contribution in [0.4, 0.5) is 0 Å². The first-order valence-corrected chi connectivity index (χ1v) is 10.7. The average Bonchev–Trinajstić information content (AvgIpc) is 2.73. The standard InChI is InChI=1S/C25H26OS/c1-4-10-20(11-5-1)16-17-22-18-24(26-19-21-12-6-2-7-13-21)25(22)27-23-14-8-3-9-15-23/h1-15,22,24-25H,16-19H2/t22-,24+,25+/m1/s1. The van der Waals surface area contributed by atoms with Gasteiger partial charge in [-0.15, -0.1) is 11.8 Å². The van der Waals surface area contributed by atoms with Gasteiger partial charge in [-0.25, -0.2) is 0 Å². The van der Waals surface area contributed by atoms with E-state index in [0.29, 0.717) is 18.0 Å². The second-order valence-corrected chi connectivity index (χ2v) is 8.50. The molecule has 0 unspecified atom stereocenters. The van der Waals surface area contributed by atoms with Crippen molar-refractivity contribution in [3.8, 4) is 0 Å². The molecule has 1 fully saturated rings. The molecule has 0 N–H and O–H groups in total. The van der Waals surface area contributed by atoms with E-state index in [4.69, 9.17) is 4.74 Å². The molecule has 1 aliphatic carbocycles. The Morgan fingerprint density at radius 1 is 0.741 bits per heavy atom. The number of rotatable bonds is 8. The molecule has 4 rings (SSSR count). The van der Waals surface area contributed by atoms with Gasteiger partial charge in [0.15, 0.2) is 0 Å². The molecule has 3 atom stereocenters. The normalized spacial score (nSPS) is 21.6. The lowest BCUT2D eigenvalue weighted by Gasteiger charge is -2.44. The molecule has 0 aromatic heterocycles. The maximum Gasteiger partial charge on any atom is 0.0721 e. The molecule has 138 valence electrons. The van der Waals surface area contributed by atoms with Gasteiger partial charge >= 0.3 is 0 Å². The summed E-state index contributed by atoms with van der Waals surface area (Å²) in [4.78, 5) is 1.35. The van der Waals surface area contributed by atoms with Crippen molar-refractivity contribution in [1.82, 2.24) is 0 Å². The topological polar surface area (TPSA) is 9.23 Å². The summed E-state index contributed by atoms with van der Waals surface area (Å²) in [6, 6.07) is 32.1. The Kier molecular flexibility index (Phi) is 6.28. The highest BCUT2D eigenvalue weighted by Gasteiger charge is 2.42. The third kappa shape index (κ3) is 5.03. The number of thioether (sulfide) groups is 1. The quantitative estimate of drug-likeness (QED) is 0.452. The third-order valence-electron chi connectivity index (χ3n) is 5.34. The van der Waals surface area contributed by atoms with Gasteiger partial charge in [0.1, 0.15) is 0 Å². The predicted molar refractivity (Wildman–Crippen MR) is 114 cm³/mol. The van der Waals surface area contributed by atoms with Gasteiger partial charge in [-0.3, -0.25) is 0 Å². The summed E-state index contributed by atoms with van der Waals surface area (Å²) in [5.74, 6) is 0.719. The van der Waals surface area contributed by atoms with E-state index >= 15 is 0 Å². The van der Waals surface area contributed by atoms with E-state index in [-0.39, 0.29) is 0 Å². The first-order chi connectivity index (χ1) is 13.4. The molecule has 0 amide bonds. The number of benzene rings is 3. The van der Waals surface area contributed by atoms with Gasteiger partial charge in [-0.2, -0.15) is 0 Å². The second-order valence-electron chi connectivity index (χ2n) is 7.25. The van der Waals surface area contributed by atoms with Gasteiger partial charge in [0.25, 0.3) is 0 Å². The molecule has 0 saturated heterocycles. The molecular weight excluding hydrogens is 348 g/mol. The molecule has 0 radical (unpaired) electrons. The molecular formula is C25H26OS. The molecule has 3 aromatic rings. The average molecular weight is 375 g/mol. The number of hydrogen-bond donors (Lipinski definition) is 0. The number of ether oxygens (including phenoxy) is 1. The maximum absolute atomic E-state index is 6.31. The molecule has 0 heterocycles. The zero-order chi connectivity index (χ0) is 18.3. The second kappa shape index (κ2) is 9.25. The van der Waals surface area contributed by atoms with Gasteiger partial charge in [0, 0.05) is 10.1 Å². The lowest BCUT2D eigenvalue weighted by atomic mass is 9.78. The van der Waals surface area contributed by atoms with E-state index in [1.807, 2.05) is 11.8 Å². The van der Waals surface area contributed by atoms with Crippen LogP contribution in [-0.4, -0.2) is 11.4 Å². The van der Waals surface area contributed by atoms with Crippen LogP contribution < -0.4 is 0 Å². The summed E-state index contributed by atoms with van der Waals surface area (Å²) >= 11 is 1.99. The van der Waals surface area contributed by atoms with E-state index in [1.165, 1.54) is 28.9 Å². The van der Waals surface area contributed by atoms with Crippen molar-refractivity contribution in [1.29, 1.82) is 0 Å². The zero-order valence-corrected chi connectivity index (χ0v) is 16.4. The van der Waals surface area contributed by atoms with Crippen molar-refractivity contribution < 1.29 is 4.74 Å². The lowest BCUT2D eigenvalue weighted by Crippen LogP contribution is -2.46. The first kappa shape index (κ1) is 18.3. The lowest BCUT2D eigenvalue weighted by molar-refractivity contribution is -0.0348. The van der Waals surface area contributed by atoms with Crippen molar-refractivity contribution in [3.05, 3.63) is 102 Å².